The molecular formula is C10H13Cl2NO2S. The Morgan fingerprint density at radius 3 is 2.50 bits per heavy atom. The molecule has 0 fully saturated rings. The molecule has 1 N–H and O–H groups in total. The van der Waals surface area contributed by atoms with Gasteiger partial charge in [0.05, 0.1) is 14.9 Å². The summed E-state index contributed by atoms with van der Waals surface area (Å²) >= 11 is 11.5. The number of benzene rings is 1. The van der Waals surface area contributed by atoms with Crippen LogP contribution in [0.3, 0.4) is 0 Å². The van der Waals surface area contributed by atoms with E-state index in [0.717, 1.165) is 12.8 Å². The number of hydrogen-bond acceptors (Lipinski definition) is 2. The number of halogens is 2. The van der Waals surface area contributed by atoms with Crippen molar-refractivity contribution in [1.29, 1.82) is 0 Å². The first-order valence-corrected chi connectivity index (χ1v) is 7.16. The quantitative estimate of drug-likeness (QED) is 0.844. The molecule has 1 aromatic carbocycles. The molecule has 0 heterocycles. The van der Waals surface area contributed by atoms with E-state index in [1.165, 1.54) is 18.2 Å². The lowest BCUT2D eigenvalue weighted by Gasteiger charge is -2.06. The standard InChI is InChI=1S/C10H13Cl2NO2S/c1-2-3-6-13-16(14,15)8-4-5-9(11)10(12)7-8/h4-5,7,13H,2-3,6H2,1H3. The maximum absolute atomic E-state index is 11.8. The van der Waals surface area contributed by atoms with Crippen molar-refractivity contribution in [3.63, 3.8) is 0 Å². The van der Waals surface area contributed by atoms with Crippen LogP contribution >= 0.6 is 23.2 Å². The Hall–Kier alpha value is -0.290. The van der Waals surface area contributed by atoms with E-state index < -0.39 is 10.0 Å². The Morgan fingerprint density at radius 2 is 1.94 bits per heavy atom. The molecule has 0 saturated carbocycles. The van der Waals surface area contributed by atoms with Gasteiger partial charge in [-0.15, -0.1) is 0 Å². The van der Waals surface area contributed by atoms with Gasteiger partial charge in [-0.05, 0) is 24.6 Å². The second-order valence-electron chi connectivity index (χ2n) is 3.33. The normalized spacial score (nSPS) is 11.7. The van der Waals surface area contributed by atoms with Crippen LogP contribution in [-0.2, 0) is 10.0 Å². The number of nitrogens with one attached hydrogen (secondary N) is 1. The van der Waals surface area contributed by atoms with Gasteiger partial charge >= 0.3 is 0 Å². The molecule has 0 aliphatic heterocycles. The van der Waals surface area contributed by atoms with Crippen molar-refractivity contribution in [2.75, 3.05) is 6.54 Å². The number of hydrogen-bond donors (Lipinski definition) is 1. The highest BCUT2D eigenvalue weighted by Gasteiger charge is 2.14. The Kier molecular flexibility index (Phi) is 5.05. The minimum absolute atomic E-state index is 0.137. The van der Waals surface area contributed by atoms with Crippen LogP contribution in [0.15, 0.2) is 23.1 Å². The Balaban J connectivity index is 2.86. The monoisotopic (exact) mass is 281 g/mol. The van der Waals surface area contributed by atoms with E-state index in [1.54, 1.807) is 0 Å². The lowest BCUT2D eigenvalue weighted by atomic mass is 10.3. The highest BCUT2D eigenvalue weighted by Crippen LogP contribution is 2.24. The maximum atomic E-state index is 11.8. The zero-order valence-electron chi connectivity index (χ0n) is 8.83. The summed E-state index contributed by atoms with van der Waals surface area (Å²) < 4.78 is 26.0. The van der Waals surface area contributed by atoms with Crippen LogP contribution in [0.4, 0.5) is 0 Å². The van der Waals surface area contributed by atoms with Crippen molar-refractivity contribution < 1.29 is 8.42 Å². The van der Waals surface area contributed by atoms with Crippen LogP contribution < -0.4 is 4.72 Å². The lowest BCUT2D eigenvalue weighted by Crippen LogP contribution is -2.24. The van der Waals surface area contributed by atoms with Gasteiger partial charge in [-0.25, -0.2) is 13.1 Å². The minimum Gasteiger partial charge on any atom is -0.211 e. The molecule has 16 heavy (non-hydrogen) atoms. The van der Waals surface area contributed by atoms with Crippen molar-refractivity contribution in [1.82, 2.24) is 4.72 Å². The molecule has 0 saturated heterocycles. The third kappa shape index (κ3) is 3.63. The molecule has 0 aliphatic rings. The fourth-order valence-corrected chi connectivity index (χ4v) is 2.57. The Morgan fingerprint density at radius 1 is 1.25 bits per heavy atom. The van der Waals surface area contributed by atoms with Gasteiger partial charge in [0.2, 0.25) is 10.0 Å². The van der Waals surface area contributed by atoms with Crippen molar-refractivity contribution in [3.05, 3.63) is 28.2 Å². The maximum Gasteiger partial charge on any atom is 0.240 e. The van der Waals surface area contributed by atoms with Crippen molar-refractivity contribution in [3.8, 4) is 0 Å². The number of sulfonamides is 1. The van der Waals surface area contributed by atoms with Gasteiger partial charge in [-0.2, -0.15) is 0 Å². The first kappa shape index (κ1) is 13.8. The van der Waals surface area contributed by atoms with Crippen LogP contribution in [0.2, 0.25) is 10.0 Å². The largest absolute Gasteiger partial charge is 0.240 e. The molecule has 1 rings (SSSR count). The van der Waals surface area contributed by atoms with Crippen LogP contribution in [0.1, 0.15) is 19.8 Å². The van der Waals surface area contributed by atoms with Gasteiger partial charge in [-0.1, -0.05) is 36.5 Å². The van der Waals surface area contributed by atoms with E-state index in [1.807, 2.05) is 6.92 Å². The second-order valence-corrected chi connectivity index (χ2v) is 5.91. The average molecular weight is 282 g/mol. The Labute approximate surface area is 106 Å². The van der Waals surface area contributed by atoms with Crippen molar-refractivity contribution in [2.24, 2.45) is 0 Å². The molecule has 1 aromatic rings. The van der Waals surface area contributed by atoms with E-state index >= 15 is 0 Å². The summed E-state index contributed by atoms with van der Waals surface area (Å²) in [6.45, 7) is 2.42. The van der Waals surface area contributed by atoms with Gasteiger partial charge in [0.25, 0.3) is 0 Å². The van der Waals surface area contributed by atoms with Crippen LogP contribution in [0.5, 0.6) is 0 Å². The minimum atomic E-state index is -3.46. The number of unbranched alkanes of at least 4 members (excludes halogenated alkanes) is 1. The summed E-state index contributed by atoms with van der Waals surface area (Å²) in [6.07, 6.45) is 1.74. The summed E-state index contributed by atoms with van der Waals surface area (Å²) in [7, 11) is -3.46. The zero-order chi connectivity index (χ0) is 12.2. The van der Waals surface area contributed by atoms with Gasteiger partial charge in [-0.3, -0.25) is 0 Å². The first-order chi connectivity index (χ1) is 7.47. The molecule has 0 aromatic heterocycles. The van der Waals surface area contributed by atoms with Crippen LogP contribution in [0.25, 0.3) is 0 Å². The van der Waals surface area contributed by atoms with Crippen molar-refractivity contribution >= 4 is 33.2 Å². The molecule has 3 nitrogen and oxygen atoms in total. The predicted molar refractivity (Wildman–Crippen MR) is 66.6 cm³/mol. The topological polar surface area (TPSA) is 46.2 Å². The molecule has 90 valence electrons. The third-order valence-electron chi connectivity index (χ3n) is 2.02. The summed E-state index contributed by atoms with van der Waals surface area (Å²) in [5.41, 5.74) is 0. The van der Waals surface area contributed by atoms with E-state index in [4.69, 9.17) is 23.2 Å². The van der Waals surface area contributed by atoms with E-state index in [9.17, 15) is 8.42 Å². The zero-order valence-corrected chi connectivity index (χ0v) is 11.2. The van der Waals surface area contributed by atoms with Gasteiger partial charge in [0.1, 0.15) is 0 Å². The summed E-state index contributed by atoms with van der Waals surface area (Å²) in [5, 5.41) is 0.578. The SMILES string of the molecule is CCCCNS(=O)(=O)c1ccc(Cl)c(Cl)c1. The van der Waals surface area contributed by atoms with Gasteiger partial charge in [0.15, 0.2) is 0 Å². The lowest BCUT2D eigenvalue weighted by molar-refractivity contribution is 0.578. The van der Waals surface area contributed by atoms with E-state index in [0.29, 0.717) is 11.6 Å². The molecular weight excluding hydrogens is 269 g/mol. The molecule has 0 radical (unpaired) electrons. The molecule has 0 atom stereocenters. The Bertz CT molecular complexity index is 460. The first-order valence-electron chi connectivity index (χ1n) is 4.92. The molecule has 6 heteroatoms. The fraction of sp³-hybridized carbons (Fsp3) is 0.400. The third-order valence-corrected chi connectivity index (χ3v) is 4.22. The molecule has 0 spiro atoms. The van der Waals surface area contributed by atoms with Crippen molar-refractivity contribution in [2.45, 2.75) is 24.7 Å². The summed E-state index contributed by atoms with van der Waals surface area (Å²) in [6, 6.07) is 4.25. The number of rotatable bonds is 5. The van der Waals surface area contributed by atoms with Crippen LogP contribution in [0, 0.1) is 0 Å². The van der Waals surface area contributed by atoms with Crippen LogP contribution in [-0.4, -0.2) is 15.0 Å². The average Bonchev–Trinajstić information content (AvgIpc) is 2.22. The molecule has 0 unspecified atom stereocenters. The van der Waals surface area contributed by atoms with E-state index in [2.05, 4.69) is 4.72 Å². The predicted octanol–water partition coefficient (Wildman–Crippen LogP) is 3.07. The fourth-order valence-electron chi connectivity index (χ4n) is 1.11. The molecule has 0 amide bonds. The second kappa shape index (κ2) is 5.87. The molecule has 0 aliphatic carbocycles. The summed E-state index contributed by atoms with van der Waals surface area (Å²) in [4.78, 5) is 0.137. The van der Waals surface area contributed by atoms with Gasteiger partial charge < -0.3 is 0 Å². The summed E-state index contributed by atoms with van der Waals surface area (Å²) in [5.74, 6) is 0. The molecule has 0 bridgehead atoms. The van der Waals surface area contributed by atoms with Gasteiger partial charge in [0, 0.05) is 6.54 Å². The highest BCUT2D eigenvalue weighted by atomic mass is 35.5. The highest BCUT2D eigenvalue weighted by molar-refractivity contribution is 7.89. The smallest absolute Gasteiger partial charge is 0.211 e. The van der Waals surface area contributed by atoms with E-state index in [-0.39, 0.29) is 9.92 Å².